The Hall–Kier alpha value is -0.310. The van der Waals surface area contributed by atoms with Crippen molar-refractivity contribution in [1.29, 1.82) is 0 Å². The molecule has 0 saturated carbocycles. The molecule has 0 heterocycles. The second-order valence-corrected chi connectivity index (χ2v) is 3.48. The van der Waals surface area contributed by atoms with Crippen LogP contribution in [0.1, 0.15) is 5.56 Å². The van der Waals surface area contributed by atoms with Gasteiger partial charge in [0.15, 0.2) is 0 Å². The van der Waals surface area contributed by atoms with E-state index in [2.05, 4.69) is 15.9 Å². The number of benzene rings is 1. The third-order valence-corrected chi connectivity index (χ3v) is 2.84. The van der Waals surface area contributed by atoms with E-state index < -0.39 is 0 Å². The normalized spacial score (nSPS) is 10.9. The predicted octanol–water partition coefficient (Wildman–Crippen LogP) is 3.07. The second-order valence-electron chi connectivity index (χ2n) is 2.28. The first kappa shape index (κ1) is 9.78. The van der Waals surface area contributed by atoms with Gasteiger partial charge in [-0.2, -0.15) is 0 Å². The summed E-state index contributed by atoms with van der Waals surface area (Å²) in [5, 5.41) is 0.717. The molecule has 3 heteroatoms. The Bertz CT molecular complexity index is 297. The van der Waals surface area contributed by atoms with Gasteiger partial charge in [0.1, 0.15) is 0 Å². The Morgan fingerprint density at radius 1 is 1.50 bits per heavy atom. The van der Waals surface area contributed by atoms with E-state index in [4.69, 9.17) is 17.3 Å². The van der Waals surface area contributed by atoms with E-state index in [1.54, 1.807) is 0 Å². The van der Waals surface area contributed by atoms with E-state index in [9.17, 15) is 0 Å². The van der Waals surface area contributed by atoms with Crippen LogP contribution in [0.3, 0.4) is 0 Å². The fourth-order valence-electron chi connectivity index (χ4n) is 0.844. The molecule has 0 fully saturated rings. The highest BCUT2D eigenvalue weighted by atomic mass is 79.9. The van der Waals surface area contributed by atoms with E-state index in [1.165, 1.54) is 0 Å². The number of halogens is 2. The molecule has 0 atom stereocenters. The lowest BCUT2D eigenvalue weighted by Gasteiger charge is -1.99. The molecular formula is C9H9BrClN. The fourth-order valence-corrected chi connectivity index (χ4v) is 1.42. The zero-order chi connectivity index (χ0) is 8.97. The Morgan fingerprint density at radius 3 is 2.92 bits per heavy atom. The molecule has 0 aliphatic heterocycles. The van der Waals surface area contributed by atoms with Gasteiger partial charge in [-0.25, -0.2) is 0 Å². The molecule has 0 bridgehead atoms. The minimum absolute atomic E-state index is 0.541. The molecule has 0 amide bonds. The van der Waals surface area contributed by atoms with Crippen molar-refractivity contribution in [3.8, 4) is 0 Å². The van der Waals surface area contributed by atoms with Gasteiger partial charge in [0.25, 0.3) is 0 Å². The largest absolute Gasteiger partial charge is 0.327 e. The van der Waals surface area contributed by atoms with Crippen molar-refractivity contribution in [3.63, 3.8) is 0 Å². The third kappa shape index (κ3) is 2.34. The number of hydrogen-bond donors (Lipinski definition) is 1. The predicted molar refractivity (Wildman–Crippen MR) is 57.2 cm³/mol. The van der Waals surface area contributed by atoms with Crippen LogP contribution in [-0.4, -0.2) is 6.54 Å². The molecule has 0 saturated heterocycles. The highest BCUT2D eigenvalue weighted by Gasteiger charge is 1.98. The highest BCUT2D eigenvalue weighted by Crippen LogP contribution is 2.26. The lowest BCUT2D eigenvalue weighted by atomic mass is 10.2. The lowest BCUT2D eigenvalue weighted by molar-refractivity contribution is 1.26. The average molecular weight is 247 g/mol. The molecule has 1 nitrogen and oxygen atoms in total. The Labute approximate surface area is 85.3 Å². The van der Waals surface area contributed by atoms with Crippen LogP contribution in [0.15, 0.2) is 28.7 Å². The van der Waals surface area contributed by atoms with E-state index in [0.717, 1.165) is 10.0 Å². The quantitative estimate of drug-likeness (QED) is 0.853. The Morgan fingerprint density at radius 2 is 2.25 bits per heavy atom. The molecule has 12 heavy (non-hydrogen) atoms. The van der Waals surface area contributed by atoms with Crippen LogP contribution in [0.5, 0.6) is 0 Å². The van der Waals surface area contributed by atoms with Gasteiger partial charge in [-0.1, -0.05) is 35.9 Å². The van der Waals surface area contributed by atoms with Crippen LogP contribution in [-0.2, 0) is 0 Å². The monoisotopic (exact) mass is 245 g/mol. The third-order valence-electron chi connectivity index (χ3n) is 1.41. The van der Waals surface area contributed by atoms with Gasteiger partial charge in [-0.15, -0.1) is 0 Å². The van der Waals surface area contributed by atoms with Crippen molar-refractivity contribution in [3.05, 3.63) is 39.3 Å². The Kier molecular flexibility index (Phi) is 3.79. The minimum Gasteiger partial charge on any atom is -0.327 e. The highest BCUT2D eigenvalue weighted by molar-refractivity contribution is 9.10. The number of nitrogens with two attached hydrogens (primary N) is 1. The molecule has 0 radical (unpaired) electrons. The van der Waals surface area contributed by atoms with E-state index in [0.29, 0.717) is 11.6 Å². The molecule has 1 rings (SSSR count). The second kappa shape index (κ2) is 4.65. The van der Waals surface area contributed by atoms with Crippen LogP contribution >= 0.6 is 27.5 Å². The summed E-state index contributed by atoms with van der Waals surface area (Å²) >= 11 is 9.27. The maximum absolute atomic E-state index is 5.88. The number of hydrogen-bond acceptors (Lipinski definition) is 1. The van der Waals surface area contributed by atoms with Gasteiger partial charge < -0.3 is 5.73 Å². The van der Waals surface area contributed by atoms with Gasteiger partial charge in [-0.3, -0.25) is 0 Å². The smallest absolute Gasteiger partial charge is 0.0554 e. The van der Waals surface area contributed by atoms with Gasteiger partial charge in [0, 0.05) is 11.0 Å². The maximum atomic E-state index is 5.88. The average Bonchev–Trinajstić information content (AvgIpc) is 2.08. The molecule has 1 aromatic carbocycles. The van der Waals surface area contributed by atoms with Crippen molar-refractivity contribution in [2.75, 3.05) is 6.54 Å². The summed E-state index contributed by atoms with van der Waals surface area (Å²) in [4.78, 5) is 0. The van der Waals surface area contributed by atoms with Crippen molar-refractivity contribution in [1.82, 2.24) is 0 Å². The summed E-state index contributed by atoms with van der Waals surface area (Å²) in [6, 6.07) is 5.72. The van der Waals surface area contributed by atoms with Crippen molar-refractivity contribution in [2.45, 2.75) is 0 Å². The van der Waals surface area contributed by atoms with E-state index in [-0.39, 0.29) is 0 Å². The molecule has 0 aliphatic rings. The summed E-state index contributed by atoms with van der Waals surface area (Å²) in [6.45, 7) is 0.541. The first-order valence-electron chi connectivity index (χ1n) is 3.56. The van der Waals surface area contributed by atoms with Crippen LogP contribution < -0.4 is 5.73 Å². The zero-order valence-electron chi connectivity index (χ0n) is 6.43. The van der Waals surface area contributed by atoms with Crippen molar-refractivity contribution < 1.29 is 0 Å². The standard InChI is InChI=1S/C9H9BrClN/c10-9-7(4-2-6-12)3-1-5-8(9)11/h1-5H,6,12H2/b4-2+. The van der Waals surface area contributed by atoms with Gasteiger partial charge in [0.2, 0.25) is 0 Å². The summed E-state index contributed by atoms with van der Waals surface area (Å²) in [5.41, 5.74) is 6.38. The lowest BCUT2D eigenvalue weighted by Crippen LogP contribution is -1.92. The number of rotatable bonds is 2. The first-order chi connectivity index (χ1) is 5.75. The molecule has 0 aromatic heterocycles. The van der Waals surface area contributed by atoms with Crippen molar-refractivity contribution >= 4 is 33.6 Å². The molecule has 1 aromatic rings. The molecular weight excluding hydrogens is 237 g/mol. The molecule has 64 valence electrons. The molecule has 0 unspecified atom stereocenters. The topological polar surface area (TPSA) is 26.0 Å². The summed E-state index contributed by atoms with van der Waals surface area (Å²) < 4.78 is 0.913. The maximum Gasteiger partial charge on any atom is 0.0554 e. The molecule has 0 spiro atoms. The first-order valence-corrected chi connectivity index (χ1v) is 4.73. The molecule has 2 N–H and O–H groups in total. The van der Waals surface area contributed by atoms with E-state index >= 15 is 0 Å². The van der Waals surface area contributed by atoms with Gasteiger partial charge >= 0.3 is 0 Å². The molecule has 0 aliphatic carbocycles. The van der Waals surface area contributed by atoms with Gasteiger partial charge in [0.05, 0.1) is 5.02 Å². The SMILES string of the molecule is NC/C=C/c1cccc(Cl)c1Br. The minimum atomic E-state index is 0.541. The van der Waals surface area contributed by atoms with E-state index in [1.807, 2.05) is 30.4 Å². The van der Waals surface area contributed by atoms with Crippen LogP contribution in [0.25, 0.3) is 6.08 Å². The zero-order valence-corrected chi connectivity index (χ0v) is 8.77. The van der Waals surface area contributed by atoms with Crippen molar-refractivity contribution in [2.24, 2.45) is 5.73 Å². The Balaban J connectivity index is 3.00. The van der Waals surface area contributed by atoms with Crippen LogP contribution in [0, 0.1) is 0 Å². The summed E-state index contributed by atoms with van der Waals surface area (Å²) in [6.07, 6.45) is 3.83. The van der Waals surface area contributed by atoms with Crippen LogP contribution in [0.4, 0.5) is 0 Å². The van der Waals surface area contributed by atoms with Crippen LogP contribution in [0.2, 0.25) is 5.02 Å². The fraction of sp³-hybridized carbons (Fsp3) is 0.111. The van der Waals surface area contributed by atoms with Gasteiger partial charge in [-0.05, 0) is 27.6 Å². The summed E-state index contributed by atoms with van der Waals surface area (Å²) in [5.74, 6) is 0. The summed E-state index contributed by atoms with van der Waals surface area (Å²) in [7, 11) is 0.